The van der Waals surface area contributed by atoms with Gasteiger partial charge in [0, 0.05) is 36.1 Å². The number of aryl methyl sites for hydroxylation is 1. The Bertz CT molecular complexity index is 559. The summed E-state index contributed by atoms with van der Waals surface area (Å²) in [5, 5.41) is 7.80. The van der Waals surface area contributed by atoms with Gasteiger partial charge >= 0.3 is 0 Å². The van der Waals surface area contributed by atoms with Crippen molar-refractivity contribution in [1.29, 1.82) is 5.41 Å². The molecule has 0 fully saturated rings. The fourth-order valence-corrected chi connectivity index (χ4v) is 3.59. The summed E-state index contributed by atoms with van der Waals surface area (Å²) in [7, 11) is 0. The Morgan fingerprint density at radius 1 is 1.30 bits per heavy atom. The number of para-hydroxylation sites is 1. The van der Waals surface area contributed by atoms with Crippen molar-refractivity contribution >= 4 is 11.4 Å². The first-order valence-corrected chi connectivity index (χ1v) is 7.54. The van der Waals surface area contributed by atoms with Crippen molar-refractivity contribution in [2.45, 2.75) is 45.1 Å². The van der Waals surface area contributed by atoms with Gasteiger partial charge in [-0.2, -0.15) is 0 Å². The number of nitrogens with two attached hydrogens (primary N) is 1. The van der Waals surface area contributed by atoms with Crippen LogP contribution >= 0.6 is 0 Å². The summed E-state index contributed by atoms with van der Waals surface area (Å²) in [6.07, 6.45) is 5.38. The maximum absolute atomic E-state index is 7.80. The maximum Gasteiger partial charge on any atom is 0.0401 e. The standard InChI is InChI=1S/C17H23N3/c1-12(18)15-9-8-14(11-16(15)19)20-10-4-6-13-5-2-3-7-17(13)20/h2-3,5,7,14,18H,4,6,8-11,19H2,1H3/t14-/m0/s1. The van der Waals surface area contributed by atoms with E-state index in [1.807, 2.05) is 6.92 Å². The SMILES string of the molecule is CC(=N)C1=C(N)C[C@@H](N2CCCc3ccccc32)CC1. The minimum atomic E-state index is 0.500. The van der Waals surface area contributed by atoms with Gasteiger partial charge in [0.25, 0.3) is 0 Å². The Labute approximate surface area is 121 Å². The van der Waals surface area contributed by atoms with E-state index in [9.17, 15) is 0 Å². The molecule has 0 saturated heterocycles. The molecule has 106 valence electrons. The molecule has 1 atom stereocenters. The first-order chi connectivity index (χ1) is 9.66. The molecule has 0 aromatic heterocycles. The van der Waals surface area contributed by atoms with E-state index in [1.54, 1.807) is 0 Å². The largest absolute Gasteiger partial charge is 0.402 e. The normalized spacial score (nSPS) is 22.6. The predicted molar refractivity (Wildman–Crippen MR) is 84.4 cm³/mol. The van der Waals surface area contributed by atoms with E-state index in [-0.39, 0.29) is 0 Å². The van der Waals surface area contributed by atoms with Crippen LogP contribution < -0.4 is 10.6 Å². The molecule has 0 unspecified atom stereocenters. The fraction of sp³-hybridized carbons (Fsp3) is 0.471. The maximum atomic E-state index is 7.80. The zero-order chi connectivity index (χ0) is 14.1. The molecule has 0 bridgehead atoms. The topological polar surface area (TPSA) is 53.1 Å². The van der Waals surface area contributed by atoms with Crippen molar-refractivity contribution in [3.05, 3.63) is 41.1 Å². The molecule has 3 N–H and O–H groups in total. The molecule has 0 saturated carbocycles. The smallest absolute Gasteiger partial charge is 0.0401 e. The van der Waals surface area contributed by atoms with Crippen molar-refractivity contribution in [1.82, 2.24) is 0 Å². The number of nitrogens with one attached hydrogen (secondary N) is 1. The van der Waals surface area contributed by atoms with E-state index in [0.717, 1.165) is 37.1 Å². The fourth-order valence-electron chi connectivity index (χ4n) is 3.59. The minimum Gasteiger partial charge on any atom is -0.402 e. The van der Waals surface area contributed by atoms with Gasteiger partial charge < -0.3 is 16.0 Å². The first kappa shape index (κ1) is 13.2. The van der Waals surface area contributed by atoms with Crippen LogP contribution in [0.2, 0.25) is 0 Å². The molecule has 3 heteroatoms. The highest BCUT2D eigenvalue weighted by molar-refractivity contribution is 5.96. The molecule has 3 rings (SSSR count). The van der Waals surface area contributed by atoms with Gasteiger partial charge in [0.15, 0.2) is 0 Å². The van der Waals surface area contributed by atoms with Gasteiger partial charge in [0.05, 0.1) is 0 Å². The summed E-state index contributed by atoms with van der Waals surface area (Å²) < 4.78 is 0. The molecule has 1 aromatic rings. The number of hydrogen-bond acceptors (Lipinski definition) is 3. The van der Waals surface area contributed by atoms with Crippen LogP contribution in [0.15, 0.2) is 35.5 Å². The third-order valence-corrected chi connectivity index (χ3v) is 4.61. The monoisotopic (exact) mass is 269 g/mol. The van der Waals surface area contributed by atoms with E-state index in [1.165, 1.54) is 24.1 Å². The van der Waals surface area contributed by atoms with Gasteiger partial charge in [-0.1, -0.05) is 18.2 Å². The highest BCUT2D eigenvalue weighted by Gasteiger charge is 2.28. The Morgan fingerprint density at radius 3 is 2.85 bits per heavy atom. The molecule has 1 aliphatic carbocycles. The number of fused-ring (bicyclic) bond motifs is 1. The molecule has 1 heterocycles. The summed E-state index contributed by atoms with van der Waals surface area (Å²) in [4.78, 5) is 2.54. The lowest BCUT2D eigenvalue weighted by Gasteiger charge is -2.40. The minimum absolute atomic E-state index is 0.500. The lowest BCUT2D eigenvalue weighted by molar-refractivity contribution is 0.503. The zero-order valence-electron chi connectivity index (χ0n) is 12.2. The lowest BCUT2D eigenvalue weighted by Crippen LogP contribution is -2.41. The van der Waals surface area contributed by atoms with Gasteiger partial charge in [-0.3, -0.25) is 0 Å². The van der Waals surface area contributed by atoms with E-state index in [2.05, 4.69) is 29.2 Å². The number of allylic oxidation sites excluding steroid dienone is 1. The summed E-state index contributed by atoms with van der Waals surface area (Å²) in [6.45, 7) is 2.98. The van der Waals surface area contributed by atoms with Crippen LogP contribution in [0, 0.1) is 5.41 Å². The molecule has 20 heavy (non-hydrogen) atoms. The number of benzene rings is 1. The van der Waals surface area contributed by atoms with Crippen LogP contribution in [0.1, 0.15) is 38.2 Å². The molecule has 0 amide bonds. The van der Waals surface area contributed by atoms with Gasteiger partial charge in [-0.05, 0) is 49.8 Å². The van der Waals surface area contributed by atoms with Gasteiger partial charge in [0.1, 0.15) is 0 Å². The number of nitrogens with zero attached hydrogens (tertiary/aromatic N) is 1. The van der Waals surface area contributed by atoms with Crippen molar-refractivity contribution in [3.63, 3.8) is 0 Å². The second-order valence-corrected chi connectivity index (χ2v) is 5.95. The van der Waals surface area contributed by atoms with Crippen LogP contribution in [0.4, 0.5) is 5.69 Å². The molecule has 1 aliphatic heterocycles. The summed E-state index contributed by atoms with van der Waals surface area (Å²) in [5.74, 6) is 0. The van der Waals surface area contributed by atoms with Crippen LogP contribution in [0.5, 0.6) is 0 Å². The summed E-state index contributed by atoms with van der Waals surface area (Å²) >= 11 is 0. The van der Waals surface area contributed by atoms with Crippen LogP contribution in [-0.4, -0.2) is 18.3 Å². The Balaban J connectivity index is 1.84. The number of anilines is 1. The van der Waals surface area contributed by atoms with Crippen molar-refractivity contribution < 1.29 is 0 Å². The number of hydrogen-bond donors (Lipinski definition) is 2. The van der Waals surface area contributed by atoms with Gasteiger partial charge in [-0.25, -0.2) is 0 Å². The average molecular weight is 269 g/mol. The van der Waals surface area contributed by atoms with E-state index in [4.69, 9.17) is 11.1 Å². The predicted octanol–water partition coefficient (Wildman–Crippen LogP) is 3.24. The Kier molecular flexibility index (Phi) is 3.51. The van der Waals surface area contributed by atoms with Crippen LogP contribution in [-0.2, 0) is 6.42 Å². The molecule has 1 aromatic carbocycles. The van der Waals surface area contributed by atoms with Crippen molar-refractivity contribution in [3.8, 4) is 0 Å². The molecular weight excluding hydrogens is 246 g/mol. The molecule has 2 aliphatic rings. The molecular formula is C17H23N3. The first-order valence-electron chi connectivity index (χ1n) is 7.54. The zero-order valence-corrected chi connectivity index (χ0v) is 12.2. The third-order valence-electron chi connectivity index (χ3n) is 4.61. The second-order valence-electron chi connectivity index (χ2n) is 5.95. The average Bonchev–Trinajstić information content (AvgIpc) is 2.46. The molecule has 0 radical (unpaired) electrons. The van der Waals surface area contributed by atoms with E-state index in [0.29, 0.717) is 11.8 Å². The second kappa shape index (κ2) is 5.31. The highest BCUT2D eigenvalue weighted by atomic mass is 15.2. The Hall–Kier alpha value is -1.77. The third kappa shape index (κ3) is 2.33. The van der Waals surface area contributed by atoms with Gasteiger partial charge in [0.2, 0.25) is 0 Å². The van der Waals surface area contributed by atoms with E-state index < -0.39 is 0 Å². The number of rotatable bonds is 2. The van der Waals surface area contributed by atoms with Crippen molar-refractivity contribution in [2.75, 3.05) is 11.4 Å². The van der Waals surface area contributed by atoms with Gasteiger partial charge in [-0.15, -0.1) is 0 Å². The summed E-state index contributed by atoms with van der Waals surface area (Å²) in [5.41, 5.74) is 11.7. The Morgan fingerprint density at radius 2 is 2.10 bits per heavy atom. The summed E-state index contributed by atoms with van der Waals surface area (Å²) in [6, 6.07) is 9.25. The highest BCUT2D eigenvalue weighted by Crippen LogP contribution is 2.34. The van der Waals surface area contributed by atoms with Crippen LogP contribution in [0.25, 0.3) is 0 Å². The van der Waals surface area contributed by atoms with Crippen LogP contribution in [0.3, 0.4) is 0 Å². The molecule has 0 spiro atoms. The lowest BCUT2D eigenvalue weighted by atomic mass is 9.87. The van der Waals surface area contributed by atoms with E-state index >= 15 is 0 Å². The molecule has 3 nitrogen and oxygen atoms in total. The quantitative estimate of drug-likeness (QED) is 0.810. The van der Waals surface area contributed by atoms with Crippen molar-refractivity contribution in [2.24, 2.45) is 5.73 Å².